The topological polar surface area (TPSA) is 67.9 Å². The van der Waals surface area contributed by atoms with E-state index in [9.17, 15) is 8.42 Å². The molecule has 1 saturated heterocycles. The zero-order valence-corrected chi connectivity index (χ0v) is 15.0. The largest absolute Gasteiger partial charge is 0.490 e. The van der Waals surface area contributed by atoms with Gasteiger partial charge in [0.05, 0.1) is 18.1 Å². The summed E-state index contributed by atoms with van der Waals surface area (Å²) < 4.78 is 39.3. The van der Waals surface area contributed by atoms with Crippen LogP contribution >= 0.6 is 0 Å². The van der Waals surface area contributed by atoms with E-state index < -0.39 is 10.0 Å². The summed E-state index contributed by atoms with van der Waals surface area (Å²) in [6, 6.07) is 4.83. The first-order chi connectivity index (χ1) is 11.6. The van der Waals surface area contributed by atoms with Crippen LogP contribution in [0, 0.1) is 0 Å². The molecule has 2 aliphatic rings. The van der Waals surface area contributed by atoms with Crippen LogP contribution in [0.5, 0.6) is 11.5 Å². The van der Waals surface area contributed by atoms with E-state index >= 15 is 0 Å². The minimum absolute atomic E-state index is 0.000848. The Hall–Kier alpha value is -1.31. The molecule has 0 amide bonds. The zero-order valence-electron chi connectivity index (χ0n) is 14.2. The predicted molar refractivity (Wildman–Crippen MR) is 92.1 cm³/mol. The van der Waals surface area contributed by atoms with Gasteiger partial charge in [-0.25, -0.2) is 13.1 Å². The summed E-state index contributed by atoms with van der Waals surface area (Å²) in [6.45, 7) is 6.28. The van der Waals surface area contributed by atoms with Gasteiger partial charge in [-0.1, -0.05) is 6.92 Å². The minimum atomic E-state index is -3.54. The summed E-state index contributed by atoms with van der Waals surface area (Å²) in [5.74, 6) is 1.12. The zero-order chi connectivity index (χ0) is 17.0. The third-order valence-corrected chi connectivity index (χ3v) is 6.00. The van der Waals surface area contributed by atoms with Crippen molar-refractivity contribution < 1.29 is 17.9 Å². The Morgan fingerprint density at radius 3 is 2.58 bits per heavy atom. The fourth-order valence-corrected chi connectivity index (χ4v) is 4.51. The van der Waals surface area contributed by atoms with E-state index in [1.165, 1.54) is 0 Å². The summed E-state index contributed by atoms with van der Waals surface area (Å²) in [4.78, 5) is 2.63. The smallest absolute Gasteiger partial charge is 0.240 e. The molecule has 2 aliphatic heterocycles. The molecule has 0 unspecified atom stereocenters. The van der Waals surface area contributed by atoms with Gasteiger partial charge in [0, 0.05) is 18.5 Å². The number of hydrogen-bond acceptors (Lipinski definition) is 5. The molecule has 7 heteroatoms. The highest BCUT2D eigenvalue weighted by atomic mass is 32.2. The minimum Gasteiger partial charge on any atom is -0.490 e. The van der Waals surface area contributed by atoms with Crippen molar-refractivity contribution in [2.75, 3.05) is 32.8 Å². The lowest BCUT2D eigenvalue weighted by Gasteiger charge is -2.31. The average Bonchev–Trinajstić information content (AvgIpc) is 2.81. The van der Waals surface area contributed by atoms with Gasteiger partial charge in [0.1, 0.15) is 0 Å². The molecule has 0 atom stereocenters. The highest BCUT2D eigenvalue weighted by molar-refractivity contribution is 7.89. The SMILES string of the molecule is CCCN1CCC(NS(=O)(=O)c2ccc3c(c2)OCCCO3)CC1. The van der Waals surface area contributed by atoms with Crippen LogP contribution in [0.15, 0.2) is 23.1 Å². The molecule has 6 nitrogen and oxygen atoms in total. The second-order valence-corrected chi connectivity index (χ2v) is 8.11. The Balaban J connectivity index is 1.66. The molecule has 1 fully saturated rings. The monoisotopic (exact) mass is 354 g/mol. The number of nitrogens with zero attached hydrogens (tertiary/aromatic N) is 1. The summed E-state index contributed by atoms with van der Waals surface area (Å²) in [5.41, 5.74) is 0. The lowest BCUT2D eigenvalue weighted by molar-refractivity contribution is 0.208. The quantitative estimate of drug-likeness (QED) is 0.876. The highest BCUT2D eigenvalue weighted by Crippen LogP contribution is 2.32. The van der Waals surface area contributed by atoms with Crippen molar-refractivity contribution in [1.29, 1.82) is 0 Å². The second kappa shape index (κ2) is 7.72. The van der Waals surface area contributed by atoms with Crippen LogP contribution < -0.4 is 14.2 Å². The molecule has 0 aromatic heterocycles. The number of nitrogens with one attached hydrogen (secondary N) is 1. The van der Waals surface area contributed by atoms with Crippen LogP contribution in [0.2, 0.25) is 0 Å². The van der Waals surface area contributed by atoms with E-state index in [-0.39, 0.29) is 10.9 Å². The van der Waals surface area contributed by atoms with Gasteiger partial charge >= 0.3 is 0 Å². The van der Waals surface area contributed by atoms with Gasteiger partial charge in [0.15, 0.2) is 11.5 Å². The molecule has 1 N–H and O–H groups in total. The van der Waals surface area contributed by atoms with Crippen molar-refractivity contribution in [3.63, 3.8) is 0 Å². The molecule has 1 aromatic rings. The number of ether oxygens (including phenoxy) is 2. The van der Waals surface area contributed by atoms with Crippen LogP contribution in [0.1, 0.15) is 32.6 Å². The molecular weight excluding hydrogens is 328 g/mol. The molecule has 0 saturated carbocycles. The molecule has 1 aromatic carbocycles. The Morgan fingerprint density at radius 2 is 1.88 bits per heavy atom. The maximum absolute atomic E-state index is 12.7. The molecule has 0 bridgehead atoms. The Labute approximate surface area is 144 Å². The van der Waals surface area contributed by atoms with Crippen molar-refractivity contribution in [1.82, 2.24) is 9.62 Å². The van der Waals surface area contributed by atoms with Crippen LogP contribution in [0.3, 0.4) is 0 Å². The first kappa shape index (κ1) is 17.5. The van der Waals surface area contributed by atoms with Crippen molar-refractivity contribution in [2.45, 2.75) is 43.5 Å². The van der Waals surface area contributed by atoms with Gasteiger partial charge in [0.2, 0.25) is 10.0 Å². The van der Waals surface area contributed by atoms with Gasteiger partial charge in [-0.15, -0.1) is 0 Å². The van der Waals surface area contributed by atoms with E-state index in [1.54, 1.807) is 18.2 Å². The number of likely N-dealkylation sites (tertiary alicyclic amines) is 1. The Morgan fingerprint density at radius 1 is 1.17 bits per heavy atom. The average molecular weight is 354 g/mol. The third-order valence-electron chi connectivity index (χ3n) is 4.48. The Bertz CT molecular complexity index is 655. The van der Waals surface area contributed by atoms with Crippen molar-refractivity contribution >= 4 is 10.0 Å². The van der Waals surface area contributed by atoms with Crippen LogP contribution in [-0.2, 0) is 10.0 Å². The fraction of sp³-hybridized carbons (Fsp3) is 0.647. The molecule has 0 aliphatic carbocycles. The number of hydrogen-bond donors (Lipinski definition) is 1. The summed E-state index contributed by atoms with van der Waals surface area (Å²) >= 11 is 0. The number of sulfonamides is 1. The van der Waals surface area contributed by atoms with Crippen molar-refractivity contribution in [2.24, 2.45) is 0 Å². The Kier molecular flexibility index (Phi) is 5.63. The van der Waals surface area contributed by atoms with Gasteiger partial charge in [-0.2, -0.15) is 0 Å². The summed E-state index contributed by atoms with van der Waals surface area (Å²) in [5, 5.41) is 0. The molecule has 0 spiro atoms. The van der Waals surface area contributed by atoms with E-state index in [4.69, 9.17) is 9.47 Å². The first-order valence-electron chi connectivity index (χ1n) is 8.73. The number of benzene rings is 1. The van der Waals surface area contributed by atoms with Crippen LogP contribution in [0.25, 0.3) is 0 Å². The predicted octanol–water partition coefficient (Wildman–Crippen LogP) is 2.00. The van der Waals surface area contributed by atoms with Gasteiger partial charge < -0.3 is 14.4 Å². The fourth-order valence-electron chi connectivity index (χ4n) is 3.19. The lowest BCUT2D eigenvalue weighted by Crippen LogP contribution is -2.44. The van der Waals surface area contributed by atoms with E-state index in [0.29, 0.717) is 24.7 Å². The molecular formula is C17H26N2O4S. The van der Waals surface area contributed by atoms with Crippen molar-refractivity contribution in [3.05, 3.63) is 18.2 Å². The van der Waals surface area contributed by atoms with Gasteiger partial charge in [-0.3, -0.25) is 0 Å². The van der Waals surface area contributed by atoms with Gasteiger partial charge in [-0.05, 0) is 51.0 Å². The molecule has 134 valence electrons. The third kappa shape index (κ3) is 4.20. The highest BCUT2D eigenvalue weighted by Gasteiger charge is 2.25. The maximum Gasteiger partial charge on any atom is 0.240 e. The number of fused-ring (bicyclic) bond motifs is 1. The van der Waals surface area contributed by atoms with E-state index in [2.05, 4.69) is 16.5 Å². The van der Waals surface area contributed by atoms with E-state index in [0.717, 1.165) is 45.3 Å². The number of rotatable bonds is 5. The van der Waals surface area contributed by atoms with Crippen molar-refractivity contribution in [3.8, 4) is 11.5 Å². The van der Waals surface area contributed by atoms with Crippen LogP contribution in [0.4, 0.5) is 0 Å². The van der Waals surface area contributed by atoms with Crippen LogP contribution in [-0.4, -0.2) is 52.2 Å². The normalized spacial score (nSPS) is 19.9. The van der Waals surface area contributed by atoms with Gasteiger partial charge in [0.25, 0.3) is 0 Å². The summed E-state index contributed by atoms with van der Waals surface area (Å²) in [7, 11) is -3.54. The molecule has 24 heavy (non-hydrogen) atoms. The molecule has 2 heterocycles. The lowest BCUT2D eigenvalue weighted by atomic mass is 10.1. The summed E-state index contributed by atoms with van der Waals surface area (Å²) in [6.07, 6.45) is 3.63. The second-order valence-electron chi connectivity index (χ2n) is 6.40. The number of piperidine rings is 1. The first-order valence-corrected chi connectivity index (χ1v) is 10.2. The molecule has 3 rings (SSSR count). The maximum atomic E-state index is 12.7. The standard InChI is InChI=1S/C17H26N2O4S/c1-2-8-19-9-6-14(7-10-19)18-24(20,21)15-4-5-16-17(13-15)23-12-3-11-22-16/h4-5,13-14,18H,2-3,6-12H2,1H3. The molecule has 0 radical (unpaired) electrons. The van der Waals surface area contributed by atoms with E-state index in [1.807, 2.05) is 0 Å².